The molecular formula is C21H16ClN3O5. The Bertz CT molecular complexity index is 1210. The highest BCUT2D eigenvalue weighted by Crippen LogP contribution is 2.24. The Labute approximate surface area is 175 Å². The quantitative estimate of drug-likeness (QED) is 0.368. The zero-order valence-electron chi connectivity index (χ0n) is 15.8. The van der Waals surface area contributed by atoms with E-state index in [0.29, 0.717) is 10.6 Å². The van der Waals surface area contributed by atoms with Gasteiger partial charge in [-0.25, -0.2) is 0 Å². The predicted octanol–water partition coefficient (Wildman–Crippen LogP) is 3.59. The number of aryl methyl sites for hydroxylation is 1. The largest absolute Gasteiger partial charge is 0.324 e. The van der Waals surface area contributed by atoms with Gasteiger partial charge in [-0.05, 0) is 25.1 Å². The van der Waals surface area contributed by atoms with Gasteiger partial charge in [-0.15, -0.1) is 0 Å². The molecule has 0 saturated heterocycles. The molecule has 0 saturated carbocycles. The molecule has 0 radical (unpaired) electrons. The van der Waals surface area contributed by atoms with Crippen LogP contribution < -0.4 is 10.9 Å². The average Bonchev–Trinajstić information content (AvgIpc) is 2.71. The Balaban J connectivity index is 1.88. The van der Waals surface area contributed by atoms with Crippen LogP contribution >= 0.6 is 11.6 Å². The summed E-state index contributed by atoms with van der Waals surface area (Å²) >= 11 is 6.02. The number of benzene rings is 2. The number of rotatable bonds is 6. The van der Waals surface area contributed by atoms with Crippen molar-refractivity contribution in [3.05, 3.63) is 103 Å². The predicted molar refractivity (Wildman–Crippen MR) is 112 cm³/mol. The number of aromatic nitrogens is 1. The van der Waals surface area contributed by atoms with Gasteiger partial charge in [0.05, 0.1) is 16.8 Å². The number of hydrogen-bond acceptors (Lipinski definition) is 5. The lowest BCUT2D eigenvalue weighted by molar-refractivity contribution is -0.385. The van der Waals surface area contributed by atoms with Crippen LogP contribution in [0.3, 0.4) is 0 Å². The fraction of sp³-hybridized carbons (Fsp3) is 0.0952. The van der Waals surface area contributed by atoms with Crippen LogP contribution in [0, 0.1) is 17.0 Å². The highest BCUT2D eigenvalue weighted by molar-refractivity contribution is 6.31. The molecule has 0 spiro atoms. The third kappa shape index (κ3) is 4.61. The Morgan fingerprint density at radius 3 is 2.50 bits per heavy atom. The van der Waals surface area contributed by atoms with Crippen molar-refractivity contribution < 1.29 is 14.5 Å². The number of amides is 1. The number of ketones is 1. The molecule has 152 valence electrons. The lowest BCUT2D eigenvalue weighted by atomic mass is 10.0. The molecule has 1 amide bonds. The molecule has 0 fully saturated rings. The van der Waals surface area contributed by atoms with E-state index in [2.05, 4.69) is 5.32 Å². The number of pyridine rings is 1. The van der Waals surface area contributed by atoms with Gasteiger partial charge in [0, 0.05) is 27.8 Å². The minimum absolute atomic E-state index is 0.185. The summed E-state index contributed by atoms with van der Waals surface area (Å²) in [5, 5.41) is 14.0. The fourth-order valence-corrected chi connectivity index (χ4v) is 3.04. The molecule has 1 aromatic heterocycles. The first-order valence-corrected chi connectivity index (χ1v) is 9.18. The summed E-state index contributed by atoms with van der Waals surface area (Å²) in [4.78, 5) is 47.9. The summed E-state index contributed by atoms with van der Waals surface area (Å²) in [6, 6.07) is 14.0. The van der Waals surface area contributed by atoms with Gasteiger partial charge in [0.2, 0.25) is 5.91 Å². The third-order valence-electron chi connectivity index (χ3n) is 4.35. The molecule has 9 heteroatoms. The molecule has 30 heavy (non-hydrogen) atoms. The molecule has 1 heterocycles. The molecule has 0 atom stereocenters. The monoisotopic (exact) mass is 425 g/mol. The second-order valence-corrected chi connectivity index (χ2v) is 6.93. The standard InChI is InChI=1S/C21H16ClN3O5/c1-13-9-20(27)24(11-18(13)25(29)30)12-19(26)23-17-8-7-15(22)10-16(17)21(28)14-5-3-2-4-6-14/h2-11H,12H2,1H3,(H,23,26). The smallest absolute Gasteiger partial charge is 0.288 e. The maximum Gasteiger partial charge on any atom is 0.288 e. The first-order chi connectivity index (χ1) is 14.3. The number of carbonyl (C=O) groups excluding carboxylic acids is 2. The minimum atomic E-state index is -0.626. The first-order valence-electron chi connectivity index (χ1n) is 8.81. The van der Waals surface area contributed by atoms with Crippen LogP contribution in [0.2, 0.25) is 5.02 Å². The fourth-order valence-electron chi connectivity index (χ4n) is 2.87. The SMILES string of the molecule is Cc1cc(=O)n(CC(=O)Nc2ccc(Cl)cc2C(=O)c2ccccc2)cc1[N+](=O)[O-]. The highest BCUT2D eigenvalue weighted by Gasteiger charge is 2.18. The van der Waals surface area contributed by atoms with Gasteiger partial charge in [0.1, 0.15) is 6.54 Å². The number of nitro groups is 1. The molecule has 3 aromatic rings. The van der Waals surface area contributed by atoms with Gasteiger partial charge in [-0.2, -0.15) is 0 Å². The van der Waals surface area contributed by atoms with Crippen molar-refractivity contribution in [2.24, 2.45) is 0 Å². The summed E-state index contributed by atoms with van der Waals surface area (Å²) in [5.41, 5.74) is 0.201. The normalized spacial score (nSPS) is 10.5. The third-order valence-corrected chi connectivity index (χ3v) is 4.59. The van der Waals surface area contributed by atoms with Crippen molar-refractivity contribution in [1.29, 1.82) is 0 Å². The van der Waals surface area contributed by atoms with E-state index in [0.717, 1.165) is 16.8 Å². The van der Waals surface area contributed by atoms with Crippen molar-refractivity contribution in [2.75, 3.05) is 5.32 Å². The van der Waals surface area contributed by atoms with E-state index in [1.165, 1.54) is 25.1 Å². The van der Waals surface area contributed by atoms with Crippen LogP contribution in [0.15, 0.2) is 65.6 Å². The number of hydrogen-bond donors (Lipinski definition) is 1. The van der Waals surface area contributed by atoms with E-state index in [9.17, 15) is 24.5 Å². The molecule has 0 unspecified atom stereocenters. The van der Waals surface area contributed by atoms with E-state index in [4.69, 9.17) is 11.6 Å². The van der Waals surface area contributed by atoms with Crippen molar-refractivity contribution in [1.82, 2.24) is 4.57 Å². The number of halogens is 1. The van der Waals surface area contributed by atoms with Gasteiger partial charge in [-0.3, -0.25) is 29.1 Å². The Hall–Kier alpha value is -3.78. The first kappa shape index (κ1) is 20.9. The zero-order valence-corrected chi connectivity index (χ0v) is 16.6. The van der Waals surface area contributed by atoms with Crippen molar-refractivity contribution >= 4 is 34.7 Å². The number of nitrogens with zero attached hydrogens (tertiary/aromatic N) is 2. The highest BCUT2D eigenvalue weighted by atomic mass is 35.5. The average molecular weight is 426 g/mol. The molecule has 0 aliphatic carbocycles. The van der Waals surface area contributed by atoms with Crippen LogP contribution in [0.1, 0.15) is 21.5 Å². The van der Waals surface area contributed by atoms with Gasteiger partial charge >= 0.3 is 0 Å². The van der Waals surface area contributed by atoms with Crippen molar-refractivity contribution in [3.8, 4) is 0 Å². The Kier molecular flexibility index (Phi) is 6.08. The van der Waals surface area contributed by atoms with E-state index in [-0.39, 0.29) is 28.3 Å². The Morgan fingerprint density at radius 1 is 1.13 bits per heavy atom. The van der Waals surface area contributed by atoms with Gasteiger partial charge in [0.25, 0.3) is 11.2 Å². The minimum Gasteiger partial charge on any atom is -0.324 e. The summed E-state index contributed by atoms with van der Waals surface area (Å²) in [7, 11) is 0. The second kappa shape index (κ2) is 8.71. The molecule has 0 aliphatic rings. The lowest BCUT2D eigenvalue weighted by Gasteiger charge is -2.12. The van der Waals surface area contributed by atoms with Gasteiger partial charge < -0.3 is 5.32 Å². The van der Waals surface area contributed by atoms with Crippen LogP contribution in [-0.2, 0) is 11.3 Å². The van der Waals surface area contributed by atoms with E-state index in [1.54, 1.807) is 30.3 Å². The molecule has 8 nitrogen and oxygen atoms in total. The summed E-state index contributed by atoms with van der Waals surface area (Å²) in [5.74, 6) is -0.962. The maximum atomic E-state index is 12.8. The molecule has 1 N–H and O–H groups in total. The number of nitrogens with one attached hydrogen (secondary N) is 1. The number of carbonyl (C=O) groups is 2. The topological polar surface area (TPSA) is 111 Å². The molecule has 2 aromatic carbocycles. The van der Waals surface area contributed by atoms with Crippen LogP contribution in [0.4, 0.5) is 11.4 Å². The Morgan fingerprint density at radius 2 is 1.83 bits per heavy atom. The van der Waals surface area contributed by atoms with Crippen molar-refractivity contribution in [2.45, 2.75) is 13.5 Å². The molecule has 0 bridgehead atoms. The molecular weight excluding hydrogens is 410 g/mol. The summed E-state index contributed by atoms with van der Waals surface area (Å²) in [6.45, 7) is 0.987. The van der Waals surface area contributed by atoms with E-state index in [1.807, 2.05) is 0 Å². The summed E-state index contributed by atoms with van der Waals surface area (Å²) < 4.78 is 0.940. The van der Waals surface area contributed by atoms with E-state index >= 15 is 0 Å². The van der Waals surface area contributed by atoms with Gasteiger partial charge in [0.15, 0.2) is 5.78 Å². The zero-order chi connectivity index (χ0) is 21.8. The summed E-state index contributed by atoms with van der Waals surface area (Å²) in [6.07, 6.45) is 1.02. The molecule has 0 aliphatic heterocycles. The van der Waals surface area contributed by atoms with Crippen LogP contribution in [0.25, 0.3) is 0 Å². The molecule has 3 rings (SSSR count). The van der Waals surface area contributed by atoms with Gasteiger partial charge in [-0.1, -0.05) is 41.9 Å². The van der Waals surface area contributed by atoms with Crippen LogP contribution in [-0.4, -0.2) is 21.2 Å². The van der Waals surface area contributed by atoms with E-state index < -0.39 is 22.9 Å². The number of anilines is 1. The van der Waals surface area contributed by atoms with Crippen molar-refractivity contribution in [3.63, 3.8) is 0 Å². The second-order valence-electron chi connectivity index (χ2n) is 6.50. The maximum absolute atomic E-state index is 12.8. The van der Waals surface area contributed by atoms with Crippen LogP contribution in [0.5, 0.6) is 0 Å². The lowest BCUT2D eigenvalue weighted by Crippen LogP contribution is -2.28.